The van der Waals surface area contributed by atoms with Gasteiger partial charge >= 0.3 is 0 Å². The molecule has 2 atom stereocenters. The number of rotatable bonds is 6. The first kappa shape index (κ1) is 14.5. The van der Waals surface area contributed by atoms with Crippen LogP contribution in [0.25, 0.3) is 0 Å². The highest BCUT2D eigenvalue weighted by Gasteiger charge is 2.21. The molecule has 1 heterocycles. The number of ether oxygens (including phenoxy) is 2. The first-order valence-corrected chi connectivity index (χ1v) is 7.75. The highest BCUT2D eigenvalue weighted by atomic mass is 32.2. The third kappa shape index (κ3) is 3.78. The molecule has 0 amide bonds. The lowest BCUT2D eigenvalue weighted by Crippen LogP contribution is -2.40. The normalized spacial score (nSPS) is 18.1. The summed E-state index contributed by atoms with van der Waals surface area (Å²) in [5.74, 6) is 2.31. The van der Waals surface area contributed by atoms with Crippen LogP contribution in [0.4, 0.5) is 0 Å². The molecular formula is C14H21NO3S. The quantitative estimate of drug-likeness (QED) is 0.838. The lowest BCUT2D eigenvalue weighted by atomic mass is 10.1. The first-order valence-electron chi connectivity index (χ1n) is 6.36. The summed E-state index contributed by atoms with van der Waals surface area (Å²) in [7, 11) is 0. The molecule has 1 aromatic carbocycles. The maximum Gasteiger partial charge on any atom is 0.231 e. The van der Waals surface area contributed by atoms with Crippen LogP contribution in [0.3, 0.4) is 0 Å². The van der Waals surface area contributed by atoms with Crippen molar-refractivity contribution in [2.24, 2.45) is 0 Å². The lowest BCUT2D eigenvalue weighted by molar-refractivity contribution is 0.0821. The fourth-order valence-corrected chi connectivity index (χ4v) is 2.76. The third-order valence-corrected chi connectivity index (χ3v) is 4.05. The summed E-state index contributed by atoms with van der Waals surface area (Å²) in [4.78, 5) is 0. The molecule has 0 bridgehead atoms. The molecule has 2 rings (SSSR count). The second kappa shape index (κ2) is 6.03. The van der Waals surface area contributed by atoms with E-state index in [1.165, 1.54) is 0 Å². The number of thioether (sulfide) groups is 1. The van der Waals surface area contributed by atoms with Crippen molar-refractivity contribution in [1.29, 1.82) is 0 Å². The van der Waals surface area contributed by atoms with Gasteiger partial charge in [-0.05, 0) is 37.8 Å². The number of nitrogens with one attached hydrogen (secondary N) is 1. The van der Waals surface area contributed by atoms with Crippen molar-refractivity contribution < 1.29 is 14.6 Å². The van der Waals surface area contributed by atoms with Gasteiger partial charge in [-0.15, -0.1) is 0 Å². The minimum atomic E-state index is -0.690. The van der Waals surface area contributed by atoms with Crippen molar-refractivity contribution in [2.45, 2.75) is 25.5 Å². The molecule has 1 aromatic rings. The van der Waals surface area contributed by atoms with Gasteiger partial charge in [-0.1, -0.05) is 6.07 Å². The SMILES string of the molecule is CSCC(C)(O)CNC(C)c1ccc2c(c1)OCO2. The molecule has 1 aliphatic rings. The molecule has 0 spiro atoms. The highest BCUT2D eigenvalue weighted by molar-refractivity contribution is 7.98. The Hall–Kier alpha value is -0.910. The Labute approximate surface area is 118 Å². The average molecular weight is 283 g/mol. The molecule has 0 saturated carbocycles. The van der Waals surface area contributed by atoms with Crippen LogP contribution in [0, 0.1) is 0 Å². The van der Waals surface area contributed by atoms with Gasteiger partial charge in [0, 0.05) is 18.3 Å². The second-order valence-corrected chi connectivity index (χ2v) is 6.01. The molecular weight excluding hydrogens is 262 g/mol. The zero-order valence-electron chi connectivity index (χ0n) is 11.6. The van der Waals surface area contributed by atoms with E-state index in [0.29, 0.717) is 19.1 Å². The largest absolute Gasteiger partial charge is 0.454 e. The second-order valence-electron chi connectivity index (χ2n) is 5.15. The predicted molar refractivity (Wildman–Crippen MR) is 78.0 cm³/mol. The fraction of sp³-hybridized carbons (Fsp3) is 0.571. The lowest BCUT2D eigenvalue weighted by Gasteiger charge is -2.25. The Morgan fingerprint density at radius 2 is 2.16 bits per heavy atom. The van der Waals surface area contributed by atoms with Crippen LogP contribution in [-0.4, -0.2) is 36.1 Å². The van der Waals surface area contributed by atoms with Crippen LogP contribution in [0.15, 0.2) is 18.2 Å². The third-order valence-electron chi connectivity index (χ3n) is 3.14. The van der Waals surface area contributed by atoms with Gasteiger partial charge in [-0.3, -0.25) is 0 Å². The number of hydrogen-bond acceptors (Lipinski definition) is 5. The van der Waals surface area contributed by atoms with E-state index in [2.05, 4.69) is 12.2 Å². The first-order chi connectivity index (χ1) is 9.02. The van der Waals surface area contributed by atoms with Crippen molar-refractivity contribution >= 4 is 11.8 Å². The molecule has 0 fully saturated rings. The number of hydrogen-bond donors (Lipinski definition) is 2. The van der Waals surface area contributed by atoms with E-state index in [4.69, 9.17) is 9.47 Å². The molecule has 4 nitrogen and oxygen atoms in total. The van der Waals surface area contributed by atoms with Gasteiger partial charge in [0.05, 0.1) is 5.60 Å². The molecule has 5 heteroatoms. The summed E-state index contributed by atoms with van der Waals surface area (Å²) in [6.07, 6.45) is 2.00. The molecule has 19 heavy (non-hydrogen) atoms. The Kier molecular flexibility index (Phi) is 4.60. The van der Waals surface area contributed by atoms with Crippen LogP contribution in [0.5, 0.6) is 11.5 Å². The predicted octanol–water partition coefficient (Wildman–Crippen LogP) is 2.18. The molecule has 2 unspecified atom stereocenters. The standard InChI is InChI=1S/C14H21NO3S/c1-10(15-7-14(2,16)8-19-3)11-4-5-12-13(6-11)18-9-17-12/h4-6,10,15-16H,7-9H2,1-3H3. The van der Waals surface area contributed by atoms with Gasteiger partial charge in [0.2, 0.25) is 6.79 Å². The van der Waals surface area contributed by atoms with Crippen molar-refractivity contribution in [2.75, 3.05) is 25.3 Å². The van der Waals surface area contributed by atoms with Crippen molar-refractivity contribution in [1.82, 2.24) is 5.32 Å². The van der Waals surface area contributed by atoms with Gasteiger partial charge < -0.3 is 19.9 Å². The van der Waals surface area contributed by atoms with Gasteiger partial charge in [0.15, 0.2) is 11.5 Å². The van der Waals surface area contributed by atoms with E-state index in [1.807, 2.05) is 31.4 Å². The zero-order chi connectivity index (χ0) is 13.9. The van der Waals surface area contributed by atoms with Gasteiger partial charge in [-0.25, -0.2) is 0 Å². The van der Waals surface area contributed by atoms with E-state index in [1.54, 1.807) is 11.8 Å². The van der Waals surface area contributed by atoms with Crippen LogP contribution in [-0.2, 0) is 0 Å². The maximum absolute atomic E-state index is 10.1. The van der Waals surface area contributed by atoms with E-state index >= 15 is 0 Å². The molecule has 0 aliphatic carbocycles. The Morgan fingerprint density at radius 1 is 1.42 bits per heavy atom. The summed E-state index contributed by atoms with van der Waals surface area (Å²) >= 11 is 1.65. The number of aliphatic hydroxyl groups is 1. The van der Waals surface area contributed by atoms with Crippen molar-refractivity contribution in [3.05, 3.63) is 23.8 Å². The summed E-state index contributed by atoms with van der Waals surface area (Å²) in [6, 6.07) is 6.09. The zero-order valence-corrected chi connectivity index (χ0v) is 12.4. The van der Waals surface area contributed by atoms with Crippen molar-refractivity contribution in [3.8, 4) is 11.5 Å². The van der Waals surface area contributed by atoms with Crippen LogP contribution in [0.1, 0.15) is 25.5 Å². The van der Waals surface area contributed by atoms with E-state index in [0.717, 1.165) is 17.1 Å². The van der Waals surface area contributed by atoms with Crippen molar-refractivity contribution in [3.63, 3.8) is 0 Å². The monoisotopic (exact) mass is 283 g/mol. The summed E-state index contributed by atoms with van der Waals surface area (Å²) in [5, 5.41) is 13.5. The number of fused-ring (bicyclic) bond motifs is 1. The van der Waals surface area contributed by atoms with Gasteiger partial charge in [-0.2, -0.15) is 11.8 Å². The topological polar surface area (TPSA) is 50.7 Å². The highest BCUT2D eigenvalue weighted by Crippen LogP contribution is 2.34. The van der Waals surface area contributed by atoms with E-state index in [9.17, 15) is 5.11 Å². The molecule has 1 aliphatic heterocycles. The Morgan fingerprint density at radius 3 is 2.89 bits per heavy atom. The maximum atomic E-state index is 10.1. The Bertz CT molecular complexity index is 437. The molecule has 0 aromatic heterocycles. The summed E-state index contributed by atoms with van der Waals surface area (Å²) < 4.78 is 10.7. The molecule has 0 radical (unpaired) electrons. The fourth-order valence-electron chi connectivity index (χ4n) is 2.04. The van der Waals surface area contributed by atoms with Gasteiger partial charge in [0.25, 0.3) is 0 Å². The number of benzene rings is 1. The van der Waals surface area contributed by atoms with Crippen LogP contribution in [0.2, 0.25) is 0 Å². The van der Waals surface area contributed by atoms with Crippen LogP contribution < -0.4 is 14.8 Å². The van der Waals surface area contributed by atoms with E-state index < -0.39 is 5.60 Å². The average Bonchev–Trinajstić information content (AvgIpc) is 2.83. The molecule has 106 valence electrons. The van der Waals surface area contributed by atoms with E-state index in [-0.39, 0.29) is 6.04 Å². The summed E-state index contributed by atoms with van der Waals surface area (Å²) in [5.41, 5.74) is 0.438. The smallest absolute Gasteiger partial charge is 0.231 e. The Balaban J connectivity index is 1.95. The summed E-state index contributed by atoms with van der Waals surface area (Å²) in [6.45, 7) is 4.78. The van der Waals surface area contributed by atoms with Crippen LogP contribution >= 0.6 is 11.8 Å². The van der Waals surface area contributed by atoms with Gasteiger partial charge in [0.1, 0.15) is 0 Å². The molecule has 0 saturated heterocycles. The minimum absolute atomic E-state index is 0.155. The molecule has 2 N–H and O–H groups in total. The minimum Gasteiger partial charge on any atom is -0.454 e.